The Hall–Kier alpha value is -1.56. The van der Waals surface area contributed by atoms with Crippen molar-refractivity contribution in [3.8, 4) is 0 Å². The molecule has 0 aliphatic carbocycles. The fourth-order valence-electron chi connectivity index (χ4n) is 1.23. The molecule has 6 nitrogen and oxygen atoms in total. The van der Waals surface area contributed by atoms with Crippen LogP contribution in [0.1, 0.15) is 17.0 Å². The number of nitrogens with two attached hydrogens (primary N) is 1. The highest BCUT2D eigenvalue weighted by Crippen LogP contribution is 2.12. The van der Waals surface area contributed by atoms with Crippen molar-refractivity contribution in [1.29, 1.82) is 0 Å². The molecule has 0 aromatic carbocycles. The fourth-order valence-corrected chi connectivity index (χ4v) is 1.23. The summed E-state index contributed by atoms with van der Waals surface area (Å²) in [7, 11) is 1.64. The van der Waals surface area contributed by atoms with Crippen LogP contribution < -0.4 is 11.1 Å². The maximum absolute atomic E-state index is 5.66. The summed E-state index contributed by atoms with van der Waals surface area (Å²) in [6.07, 6.45) is 0. The fraction of sp³-hybridized carbons (Fsp3) is 0.600. The van der Waals surface area contributed by atoms with Crippen molar-refractivity contribution >= 4 is 5.96 Å². The first-order valence-corrected chi connectivity index (χ1v) is 5.09. The Labute approximate surface area is 94.8 Å². The zero-order valence-corrected chi connectivity index (χ0v) is 9.91. The number of hydrogen-bond donors (Lipinski definition) is 2. The smallest absolute Gasteiger partial charge is 0.189 e. The van der Waals surface area contributed by atoms with E-state index in [1.807, 2.05) is 13.8 Å². The highest BCUT2D eigenvalue weighted by Gasteiger charge is 2.07. The van der Waals surface area contributed by atoms with Gasteiger partial charge in [-0.1, -0.05) is 5.16 Å². The third-order valence-corrected chi connectivity index (χ3v) is 2.20. The van der Waals surface area contributed by atoms with E-state index in [2.05, 4.69) is 15.5 Å². The predicted molar refractivity (Wildman–Crippen MR) is 61.2 cm³/mol. The second-order valence-corrected chi connectivity index (χ2v) is 3.42. The number of aliphatic imine (C=N–C) groups is 1. The molecule has 90 valence electrons. The number of nitrogens with one attached hydrogen (secondary N) is 1. The Kier molecular flexibility index (Phi) is 4.78. The number of guanidine groups is 1. The van der Waals surface area contributed by atoms with Gasteiger partial charge in [0, 0.05) is 19.2 Å². The van der Waals surface area contributed by atoms with Gasteiger partial charge in [0.05, 0.1) is 18.8 Å². The molecule has 1 rings (SSSR count). The highest BCUT2D eigenvalue weighted by molar-refractivity contribution is 5.77. The molecular formula is C10H18N4O2. The van der Waals surface area contributed by atoms with E-state index < -0.39 is 0 Å². The number of hydrogen-bond acceptors (Lipinski definition) is 4. The number of ether oxygens (including phenoxy) is 1. The number of nitrogens with zero attached hydrogens (tertiary/aromatic N) is 2. The van der Waals surface area contributed by atoms with Crippen LogP contribution >= 0.6 is 0 Å². The van der Waals surface area contributed by atoms with Crippen molar-refractivity contribution in [2.24, 2.45) is 10.7 Å². The standard InChI is InChI=1S/C10H18N4O2/c1-7-9(8(2)16-14-7)6-13-10(11)12-4-5-15-3/h4-6H2,1-3H3,(H3,11,12,13). The van der Waals surface area contributed by atoms with Crippen LogP contribution in [-0.4, -0.2) is 31.4 Å². The van der Waals surface area contributed by atoms with Gasteiger partial charge >= 0.3 is 0 Å². The Balaban J connectivity index is 2.46. The van der Waals surface area contributed by atoms with E-state index >= 15 is 0 Å². The van der Waals surface area contributed by atoms with Gasteiger partial charge in [-0.15, -0.1) is 0 Å². The van der Waals surface area contributed by atoms with Crippen LogP contribution in [0, 0.1) is 13.8 Å². The van der Waals surface area contributed by atoms with Crippen LogP contribution in [0.15, 0.2) is 9.52 Å². The molecule has 0 saturated carbocycles. The van der Waals surface area contributed by atoms with Gasteiger partial charge in [-0.25, -0.2) is 4.99 Å². The van der Waals surface area contributed by atoms with E-state index in [-0.39, 0.29) is 0 Å². The van der Waals surface area contributed by atoms with Crippen molar-refractivity contribution < 1.29 is 9.26 Å². The molecule has 1 aromatic rings. The molecule has 0 fully saturated rings. The van der Waals surface area contributed by atoms with Gasteiger partial charge in [0.1, 0.15) is 5.76 Å². The van der Waals surface area contributed by atoms with E-state index in [1.165, 1.54) is 0 Å². The molecule has 1 heterocycles. The SMILES string of the molecule is COCCNC(N)=NCc1c(C)noc1C. The Morgan fingerprint density at radius 1 is 1.56 bits per heavy atom. The molecule has 0 aliphatic rings. The van der Waals surface area contributed by atoms with Crippen molar-refractivity contribution in [1.82, 2.24) is 10.5 Å². The zero-order chi connectivity index (χ0) is 12.0. The summed E-state index contributed by atoms with van der Waals surface area (Å²) in [4.78, 5) is 4.19. The molecule has 16 heavy (non-hydrogen) atoms. The normalized spacial score (nSPS) is 11.8. The molecule has 0 amide bonds. The van der Waals surface area contributed by atoms with E-state index in [0.717, 1.165) is 17.0 Å². The summed E-state index contributed by atoms with van der Waals surface area (Å²) < 4.78 is 9.91. The monoisotopic (exact) mass is 226 g/mol. The maximum atomic E-state index is 5.66. The number of aryl methyl sites for hydroxylation is 2. The summed E-state index contributed by atoms with van der Waals surface area (Å²) >= 11 is 0. The van der Waals surface area contributed by atoms with Crippen LogP contribution in [0.3, 0.4) is 0 Å². The second-order valence-electron chi connectivity index (χ2n) is 3.42. The molecule has 0 aliphatic heterocycles. The van der Waals surface area contributed by atoms with Crippen molar-refractivity contribution in [3.05, 3.63) is 17.0 Å². The molecule has 0 bridgehead atoms. The average Bonchev–Trinajstić information content (AvgIpc) is 2.57. The summed E-state index contributed by atoms with van der Waals surface area (Å²) in [6.45, 7) is 5.47. The summed E-state index contributed by atoms with van der Waals surface area (Å²) in [5.74, 6) is 1.18. The van der Waals surface area contributed by atoms with Crippen molar-refractivity contribution in [2.45, 2.75) is 20.4 Å². The Bertz CT molecular complexity index is 340. The highest BCUT2D eigenvalue weighted by atomic mass is 16.5. The summed E-state index contributed by atoms with van der Waals surface area (Å²) in [5, 5.41) is 6.78. The minimum absolute atomic E-state index is 0.400. The molecule has 0 radical (unpaired) electrons. The molecule has 6 heteroatoms. The molecule has 0 unspecified atom stereocenters. The lowest BCUT2D eigenvalue weighted by Gasteiger charge is -2.04. The van der Waals surface area contributed by atoms with E-state index in [0.29, 0.717) is 25.7 Å². The molecule has 3 N–H and O–H groups in total. The van der Waals surface area contributed by atoms with Gasteiger partial charge in [-0.2, -0.15) is 0 Å². The predicted octanol–water partition coefficient (Wildman–Crippen LogP) is 0.342. The number of aromatic nitrogens is 1. The van der Waals surface area contributed by atoms with Crippen LogP contribution in [0.2, 0.25) is 0 Å². The van der Waals surface area contributed by atoms with Crippen molar-refractivity contribution in [3.63, 3.8) is 0 Å². The lowest BCUT2D eigenvalue weighted by atomic mass is 10.2. The molecule has 1 aromatic heterocycles. The lowest BCUT2D eigenvalue weighted by Crippen LogP contribution is -2.34. The Morgan fingerprint density at radius 2 is 2.31 bits per heavy atom. The first kappa shape index (κ1) is 12.5. The quantitative estimate of drug-likeness (QED) is 0.429. The first-order valence-electron chi connectivity index (χ1n) is 5.09. The molecule has 0 atom stereocenters. The van der Waals surface area contributed by atoms with E-state index in [1.54, 1.807) is 7.11 Å². The molecule has 0 spiro atoms. The average molecular weight is 226 g/mol. The van der Waals surface area contributed by atoms with E-state index in [9.17, 15) is 0 Å². The van der Waals surface area contributed by atoms with Gasteiger partial charge in [-0.05, 0) is 13.8 Å². The largest absolute Gasteiger partial charge is 0.383 e. The van der Waals surface area contributed by atoms with Gasteiger partial charge < -0.3 is 20.3 Å². The van der Waals surface area contributed by atoms with Crippen LogP contribution in [-0.2, 0) is 11.3 Å². The number of rotatable bonds is 5. The third kappa shape index (κ3) is 3.54. The zero-order valence-electron chi connectivity index (χ0n) is 9.91. The maximum Gasteiger partial charge on any atom is 0.189 e. The molecule has 0 saturated heterocycles. The summed E-state index contributed by atoms with van der Waals surface area (Å²) in [5.41, 5.74) is 7.50. The lowest BCUT2D eigenvalue weighted by molar-refractivity contribution is 0.204. The first-order chi connectivity index (χ1) is 7.65. The van der Waals surface area contributed by atoms with Gasteiger partial charge in [0.25, 0.3) is 0 Å². The molecular weight excluding hydrogens is 208 g/mol. The van der Waals surface area contributed by atoms with Gasteiger partial charge in [-0.3, -0.25) is 0 Å². The topological polar surface area (TPSA) is 85.7 Å². The summed E-state index contributed by atoms with van der Waals surface area (Å²) in [6, 6.07) is 0. The van der Waals surface area contributed by atoms with Gasteiger partial charge in [0.15, 0.2) is 5.96 Å². The van der Waals surface area contributed by atoms with E-state index in [4.69, 9.17) is 15.0 Å². The minimum Gasteiger partial charge on any atom is -0.383 e. The van der Waals surface area contributed by atoms with Crippen LogP contribution in [0.4, 0.5) is 0 Å². The minimum atomic E-state index is 0.400. The van der Waals surface area contributed by atoms with Gasteiger partial charge in [0.2, 0.25) is 0 Å². The number of methoxy groups -OCH3 is 1. The van der Waals surface area contributed by atoms with Crippen molar-refractivity contribution in [2.75, 3.05) is 20.3 Å². The van der Waals surface area contributed by atoms with Crippen LogP contribution in [0.5, 0.6) is 0 Å². The second kappa shape index (κ2) is 6.12. The Morgan fingerprint density at radius 3 is 2.88 bits per heavy atom. The third-order valence-electron chi connectivity index (χ3n) is 2.20. The van der Waals surface area contributed by atoms with Crippen LogP contribution in [0.25, 0.3) is 0 Å².